The maximum Gasteiger partial charge on any atom is 0.329 e. The van der Waals surface area contributed by atoms with Gasteiger partial charge in [-0.15, -0.1) is 0 Å². The van der Waals surface area contributed by atoms with Gasteiger partial charge < -0.3 is 11.1 Å². The maximum absolute atomic E-state index is 11.0. The van der Waals surface area contributed by atoms with Crippen LogP contribution in [0.15, 0.2) is 22.8 Å². The number of nitrogens with zero attached hydrogens (tertiary/aromatic N) is 3. The summed E-state index contributed by atoms with van der Waals surface area (Å²) >= 11 is 3.40. The summed E-state index contributed by atoms with van der Waals surface area (Å²) in [5, 5.41) is 13.9. The van der Waals surface area contributed by atoms with Crippen LogP contribution in [-0.2, 0) is 0 Å². The monoisotopic (exact) mass is 337 g/mol. The highest BCUT2D eigenvalue weighted by Gasteiger charge is 2.18. The average molecular weight is 338 g/mol. The van der Waals surface area contributed by atoms with Crippen molar-refractivity contribution >= 4 is 39.1 Å². The lowest BCUT2D eigenvalue weighted by Crippen LogP contribution is -2.05. The van der Waals surface area contributed by atoms with Gasteiger partial charge in [0.25, 0.3) is 0 Å². The Labute approximate surface area is 123 Å². The molecular formula is C12H12BrN5O2. The molecule has 0 atom stereocenters. The first kappa shape index (κ1) is 14.2. The van der Waals surface area contributed by atoms with Crippen LogP contribution in [0.4, 0.5) is 23.1 Å². The summed E-state index contributed by atoms with van der Waals surface area (Å²) in [6.45, 7) is 3.80. The molecule has 1 aromatic carbocycles. The number of nitrogen functional groups attached to an aromatic ring is 1. The van der Waals surface area contributed by atoms with E-state index >= 15 is 0 Å². The Morgan fingerprint density at radius 3 is 2.50 bits per heavy atom. The second kappa shape index (κ2) is 5.41. The minimum atomic E-state index is -0.550. The van der Waals surface area contributed by atoms with Crippen LogP contribution in [0.5, 0.6) is 0 Å². The van der Waals surface area contributed by atoms with Crippen molar-refractivity contribution in [2.24, 2.45) is 0 Å². The zero-order chi connectivity index (χ0) is 14.9. The number of rotatable bonds is 3. The zero-order valence-electron chi connectivity index (χ0n) is 10.8. The number of hydrogen-bond acceptors (Lipinski definition) is 6. The predicted octanol–water partition coefficient (Wildman–Crippen LogP) is 3.09. The topological polar surface area (TPSA) is 107 Å². The first-order valence-electron chi connectivity index (χ1n) is 5.69. The van der Waals surface area contributed by atoms with E-state index in [1.54, 1.807) is 0 Å². The standard InChI is InChI=1S/C12H12BrN5O2/c1-6-3-8(13)4-7(2)10(6)16-11-9(18(19)20)5-15-12(14)17-11/h3-5H,1-2H3,(H3,14,15,16,17). The van der Waals surface area contributed by atoms with E-state index in [0.29, 0.717) is 0 Å². The van der Waals surface area contributed by atoms with E-state index in [1.165, 1.54) is 0 Å². The van der Waals surface area contributed by atoms with E-state index in [9.17, 15) is 10.1 Å². The smallest absolute Gasteiger partial charge is 0.329 e. The molecule has 2 rings (SSSR count). The molecule has 0 aliphatic heterocycles. The molecular weight excluding hydrogens is 326 g/mol. The van der Waals surface area contributed by atoms with Gasteiger partial charge in [-0.2, -0.15) is 4.98 Å². The summed E-state index contributed by atoms with van der Waals surface area (Å²) < 4.78 is 0.940. The third-order valence-electron chi connectivity index (χ3n) is 2.73. The number of halogens is 1. The second-order valence-electron chi connectivity index (χ2n) is 4.26. The first-order valence-corrected chi connectivity index (χ1v) is 6.48. The van der Waals surface area contributed by atoms with Crippen molar-refractivity contribution in [3.05, 3.63) is 44.0 Å². The molecule has 7 nitrogen and oxygen atoms in total. The van der Waals surface area contributed by atoms with E-state index in [2.05, 4.69) is 31.2 Å². The van der Waals surface area contributed by atoms with Gasteiger partial charge in [0.2, 0.25) is 11.8 Å². The largest absolute Gasteiger partial charge is 0.368 e. The minimum absolute atomic E-state index is 0.0227. The molecule has 0 spiro atoms. The van der Waals surface area contributed by atoms with E-state index in [4.69, 9.17) is 5.73 Å². The fraction of sp³-hybridized carbons (Fsp3) is 0.167. The summed E-state index contributed by atoms with van der Waals surface area (Å²) in [6, 6.07) is 3.82. The first-order chi connectivity index (χ1) is 9.38. The molecule has 0 aliphatic rings. The van der Waals surface area contributed by atoms with Crippen LogP contribution in [0, 0.1) is 24.0 Å². The number of nitrogens with two attached hydrogens (primary N) is 1. The van der Waals surface area contributed by atoms with Gasteiger partial charge in [0.05, 0.1) is 4.92 Å². The van der Waals surface area contributed by atoms with E-state index < -0.39 is 4.92 Å². The highest BCUT2D eigenvalue weighted by molar-refractivity contribution is 9.10. The summed E-state index contributed by atoms with van der Waals surface area (Å²) in [7, 11) is 0. The summed E-state index contributed by atoms with van der Waals surface area (Å²) in [6.07, 6.45) is 1.09. The zero-order valence-corrected chi connectivity index (χ0v) is 12.4. The number of aromatic nitrogens is 2. The van der Waals surface area contributed by atoms with Crippen LogP contribution in [0.3, 0.4) is 0 Å². The number of benzene rings is 1. The Hall–Kier alpha value is -2.22. The third kappa shape index (κ3) is 2.85. The molecule has 3 N–H and O–H groups in total. The van der Waals surface area contributed by atoms with Gasteiger partial charge in [0, 0.05) is 10.2 Å². The van der Waals surface area contributed by atoms with Gasteiger partial charge in [0.15, 0.2) is 0 Å². The van der Waals surface area contributed by atoms with Crippen molar-refractivity contribution in [1.29, 1.82) is 0 Å². The number of aryl methyl sites for hydroxylation is 2. The van der Waals surface area contributed by atoms with Crippen LogP contribution in [0.25, 0.3) is 0 Å². The molecule has 0 aliphatic carbocycles. The number of nitrogens with one attached hydrogen (secondary N) is 1. The highest BCUT2D eigenvalue weighted by atomic mass is 79.9. The molecule has 0 unspecified atom stereocenters. The molecule has 1 aromatic heterocycles. The quantitative estimate of drug-likeness (QED) is 0.658. The molecule has 1 heterocycles. The van der Waals surface area contributed by atoms with Crippen LogP contribution in [0.2, 0.25) is 0 Å². The highest BCUT2D eigenvalue weighted by Crippen LogP contribution is 2.31. The fourth-order valence-corrected chi connectivity index (χ4v) is 2.53. The number of nitro groups is 1. The molecule has 0 amide bonds. The van der Waals surface area contributed by atoms with Crippen LogP contribution in [0.1, 0.15) is 11.1 Å². The lowest BCUT2D eigenvalue weighted by Gasteiger charge is -2.13. The average Bonchev–Trinajstić information content (AvgIpc) is 2.33. The summed E-state index contributed by atoms with van der Waals surface area (Å²) in [4.78, 5) is 18.0. The molecule has 8 heteroatoms. The van der Waals surface area contributed by atoms with Crippen molar-refractivity contribution < 1.29 is 4.92 Å². The molecule has 2 aromatic rings. The van der Waals surface area contributed by atoms with Gasteiger partial charge in [-0.1, -0.05) is 15.9 Å². The molecule has 0 saturated heterocycles. The summed E-state index contributed by atoms with van der Waals surface area (Å²) in [5.74, 6) is 0.0570. The lowest BCUT2D eigenvalue weighted by molar-refractivity contribution is -0.384. The summed E-state index contributed by atoms with van der Waals surface area (Å²) in [5.41, 5.74) is 7.89. The van der Waals surface area contributed by atoms with Gasteiger partial charge in [-0.05, 0) is 37.1 Å². The molecule has 0 bridgehead atoms. The predicted molar refractivity (Wildman–Crippen MR) is 80.0 cm³/mol. The van der Waals surface area contributed by atoms with Crippen molar-refractivity contribution in [3.63, 3.8) is 0 Å². The van der Waals surface area contributed by atoms with E-state index in [1.807, 2.05) is 26.0 Å². The van der Waals surface area contributed by atoms with Crippen molar-refractivity contribution in [2.75, 3.05) is 11.1 Å². The molecule has 0 radical (unpaired) electrons. The molecule has 0 saturated carbocycles. The van der Waals surface area contributed by atoms with Crippen molar-refractivity contribution in [1.82, 2.24) is 9.97 Å². The third-order valence-corrected chi connectivity index (χ3v) is 3.18. The lowest BCUT2D eigenvalue weighted by atomic mass is 10.1. The van der Waals surface area contributed by atoms with Gasteiger partial charge >= 0.3 is 5.69 Å². The maximum atomic E-state index is 11.0. The molecule has 0 fully saturated rings. The number of anilines is 3. The second-order valence-corrected chi connectivity index (χ2v) is 5.17. The molecule has 20 heavy (non-hydrogen) atoms. The Morgan fingerprint density at radius 2 is 1.95 bits per heavy atom. The van der Waals surface area contributed by atoms with E-state index in [0.717, 1.165) is 27.5 Å². The van der Waals surface area contributed by atoms with Crippen LogP contribution >= 0.6 is 15.9 Å². The minimum Gasteiger partial charge on any atom is -0.368 e. The van der Waals surface area contributed by atoms with Crippen molar-refractivity contribution in [2.45, 2.75) is 13.8 Å². The Kier molecular flexibility index (Phi) is 3.84. The van der Waals surface area contributed by atoms with E-state index in [-0.39, 0.29) is 17.5 Å². The van der Waals surface area contributed by atoms with Crippen LogP contribution in [-0.4, -0.2) is 14.9 Å². The normalized spacial score (nSPS) is 10.3. The Morgan fingerprint density at radius 1 is 1.35 bits per heavy atom. The van der Waals surface area contributed by atoms with Crippen LogP contribution < -0.4 is 11.1 Å². The number of hydrogen-bond donors (Lipinski definition) is 2. The Bertz CT molecular complexity index is 667. The van der Waals surface area contributed by atoms with Crippen molar-refractivity contribution in [3.8, 4) is 0 Å². The van der Waals surface area contributed by atoms with Gasteiger partial charge in [0.1, 0.15) is 6.20 Å². The van der Waals surface area contributed by atoms with Gasteiger partial charge in [-0.3, -0.25) is 10.1 Å². The van der Waals surface area contributed by atoms with Gasteiger partial charge in [-0.25, -0.2) is 4.98 Å². The SMILES string of the molecule is Cc1cc(Br)cc(C)c1Nc1nc(N)ncc1[N+](=O)[O-]. The Balaban J connectivity index is 2.50. The molecule has 104 valence electrons. The fourth-order valence-electron chi connectivity index (χ4n) is 1.84.